The number of H-pyrrole nitrogens is 1. The topological polar surface area (TPSA) is 79.9 Å². The number of allylic oxidation sites excluding steroid dienone is 1. The van der Waals surface area contributed by atoms with Crippen molar-refractivity contribution < 1.29 is 22.7 Å². The predicted octanol–water partition coefficient (Wildman–Crippen LogP) is 5.23. The Morgan fingerprint density at radius 1 is 1.18 bits per heavy atom. The lowest BCUT2D eigenvalue weighted by atomic mass is 9.89. The molecule has 9 heteroatoms. The molecule has 2 bridgehead atoms. The van der Waals surface area contributed by atoms with E-state index >= 15 is 0 Å². The average molecular weight is 454 g/mol. The van der Waals surface area contributed by atoms with Gasteiger partial charge in [-0.2, -0.15) is 18.3 Å². The van der Waals surface area contributed by atoms with Gasteiger partial charge in [0.2, 0.25) is 5.88 Å². The number of benzene rings is 1. The van der Waals surface area contributed by atoms with Crippen molar-refractivity contribution in [2.24, 2.45) is 11.8 Å². The van der Waals surface area contributed by atoms with Crippen molar-refractivity contribution in [2.45, 2.75) is 31.5 Å². The van der Waals surface area contributed by atoms with Crippen LogP contribution in [0.3, 0.4) is 0 Å². The Kier molecular flexibility index (Phi) is 5.39. The summed E-state index contributed by atoms with van der Waals surface area (Å²) in [6.45, 7) is 0. The SMILES string of the molecule is O=C(NC1CC2CC1C/C2=C\c1cccc(Oc2ccc(C(F)(F)F)cn2)c1)c1cn[nH]c1. The zero-order chi connectivity index (χ0) is 23.0. The first-order valence-corrected chi connectivity index (χ1v) is 10.7. The molecule has 2 N–H and O–H groups in total. The summed E-state index contributed by atoms with van der Waals surface area (Å²) in [5, 5.41) is 9.59. The third kappa shape index (κ3) is 4.62. The van der Waals surface area contributed by atoms with Gasteiger partial charge < -0.3 is 10.1 Å². The molecule has 1 amide bonds. The van der Waals surface area contributed by atoms with Crippen molar-refractivity contribution in [1.82, 2.24) is 20.5 Å². The number of amides is 1. The zero-order valence-electron chi connectivity index (χ0n) is 17.5. The molecular weight excluding hydrogens is 433 g/mol. The van der Waals surface area contributed by atoms with Crippen LogP contribution in [-0.2, 0) is 6.18 Å². The molecule has 3 unspecified atom stereocenters. The minimum absolute atomic E-state index is 0.101. The third-order valence-corrected chi connectivity index (χ3v) is 6.29. The van der Waals surface area contributed by atoms with E-state index < -0.39 is 11.7 Å². The highest BCUT2D eigenvalue weighted by Crippen LogP contribution is 2.49. The zero-order valence-corrected chi connectivity index (χ0v) is 17.5. The molecule has 2 aliphatic carbocycles. The number of hydrogen-bond acceptors (Lipinski definition) is 4. The molecule has 0 saturated heterocycles. The fourth-order valence-electron chi connectivity index (χ4n) is 4.71. The molecule has 2 saturated carbocycles. The van der Waals surface area contributed by atoms with Crippen LogP contribution in [0.1, 0.15) is 40.7 Å². The number of hydrogen-bond donors (Lipinski definition) is 2. The molecule has 3 atom stereocenters. The van der Waals surface area contributed by atoms with Gasteiger partial charge in [-0.05, 0) is 54.9 Å². The predicted molar refractivity (Wildman–Crippen MR) is 114 cm³/mol. The van der Waals surface area contributed by atoms with Crippen molar-refractivity contribution in [3.8, 4) is 11.6 Å². The fraction of sp³-hybridized carbons (Fsp3) is 0.292. The highest BCUT2D eigenvalue weighted by atomic mass is 19.4. The number of nitrogens with zero attached hydrogens (tertiary/aromatic N) is 2. The highest BCUT2D eigenvalue weighted by Gasteiger charge is 2.43. The molecule has 2 aliphatic rings. The number of carbonyl (C=O) groups is 1. The average Bonchev–Trinajstić information content (AvgIpc) is 3.52. The molecule has 2 aromatic heterocycles. The lowest BCUT2D eigenvalue weighted by Gasteiger charge is -2.24. The number of aromatic amines is 1. The number of nitrogens with one attached hydrogen (secondary N) is 2. The van der Waals surface area contributed by atoms with Gasteiger partial charge in [-0.15, -0.1) is 0 Å². The van der Waals surface area contributed by atoms with Crippen molar-refractivity contribution in [3.63, 3.8) is 0 Å². The summed E-state index contributed by atoms with van der Waals surface area (Å²) >= 11 is 0. The molecule has 0 spiro atoms. The van der Waals surface area contributed by atoms with Crippen LogP contribution in [0.2, 0.25) is 0 Å². The van der Waals surface area contributed by atoms with E-state index in [9.17, 15) is 18.0 Å². The van der Waals surface area contributed by atoms with E-state index in [1.807, 2.05) is 18.2 Å². The lowest BCUT2D eigenvalue weighted by molar-refractivity contribution is -0.137. The quantitative estimate of drug-likeness (QED) is 0.554. The van der Waals surface area contributed by atoms with E-state index in [-0.39, 0.29) is 17.8 Å². The number of aromatic nitrogens is 3. The third-order valence-electron chi connectivity index (χ3n) is 6.29. The molecule has 6 nitrogen and oxygen atoms in total. The van der Waals surface area contributed by atoms with Gasteiger partial charge in [-0.1, -0.05) is 23.8 Å². The Morgan fingerprint density at radius 2 is 2.06 bits per heavy atom. The fourth-order valence-corrected chi connectivity index (χ4v) is 4.71. The molecular formula is C24H21F3N4O2. The summed E-state index contributed by atoms with van der Waals surface area (Å²) < 4.78 is 43.7. The molecule has 0 aliphatic heterocycles. The number of rotatable bonds is 5. The maximum Gasteiger partial charge on any atom is 0.417 e. The first-order valence-electron chi connectivity index (χ1n) is 10.7. The number of fused-ring (bicyclic) bond motifs is 2. The van der Waals surface area contributed by atoms with Crippen LogP contribution in [0.4, 0.5) is 13.2 Å². The second-order valence-corrected chi connectivity index (χ2v) is 8.48. The molecule has 3 aromatic rings. The standard InChI is InChI=1S/C24H21F3N4O2/c25-24(26,27)19-4-5-22(28-13-19)33-20-3-1-2-14(7-20)6-15-8-17-9-16(15)10-21(17)31-23(32)18-11-29-30-12-18/h1-7,11-13,16-17,21H,8-10H2,(H,29,30)(H,31,32)/b15-6+. The van der Waals surface area contributed by atoms with Gasteiger partial charge in [0.05, 0.1) is 17.3 Å². The Balaban J connectivity index is 1.22. The van der Waals surface area contributed by atoms with Crippen LogP contribution in [0.15, 0.2) is 60.6 Å². The number of pyridine rings is 1. The van der Waals surface area contributed by atoms with E-state index in [0.717, 1.165) is 37.1 Å². The first kappa shape index (κ1) is 21.2. The maximum absolute atomic E-state index is 12.7. The molecule has 2 fully saturated rings. The molecule has 33 heavy (non-hydrogen) atoms. The van der Waals surface area contributed by atoms with Crippen LogP contribution in [0.5, 0.6) is 11.6 Å². The van der Waals surface area contributed by atoms with Gasteiger partial charge in [0, 0.05) is 24.5 Å². The first-order chi connectivity index (χ1) is 15.8. The smallest absolute Gasteiger partial charge is 0.417 e. The van der Waals surface area contributed by atoms with E-state index in [0.29, 0.717) is 23.1 Å². The molecule has 1 aromatic carbocycles. The van der Waals surface area contributed by atoms with Crippen LogP contribution < -0.4 is 10.1 Å². The highest BCUT2D eigenvalue weighted by molar-refractivity contribution is 5.93. The second-order valence-electron chi connectivity index (χ2n) is 8.48. The Hall–Kier alpha value is -3.62. The minimum Gasteiger partial charge on any atom is -0.439 e. The summed E-state index contributed by atoms with van der Waals surface area (Å²) in [4.78, 5) is 16.1. The Bertz CT molecular complexity index is 1170. The Labute approximate surface area is 187 Å². The van der Waals surface area contributed by atoms with Gasteiger partial charge in [0.1, 0.15) is 5.75 Å². The van der Waals surface area contributed by atoms with Crippen LogP contribution in [0.25, 0.3) is 6.08 Å². The number of ether oxygens (including phenoxy) is 1. The number of carbonyl (C=O) groups excluding carboxylic acids is 1. The summed E-state index contributed by atoms with van der Waals surface area (Å²) in [5.41, 5.74) is 2.02. The van der Waals surface area contributed by atoms with Crippen molar-refractivity contribution in [3.05, 3.63) is 77.3 Å². The summed E-state index contributed by atoms with van der Waals surface area (Å²) in [7, 11) is 0. The van der Waals surface area contributed by atoms with E-state index in [1.54, 1.807) is 12.3 Å². The van der Waals surface area contributed by atoms with Crippen molar-refractivity contribution in [2.75, 3.05) is 0 Å². The lowest BCUT2D eigenvalue weighted by Crippen LogP contribution is -2.38. The van der Waals surface area contributed by atoms with Crippen LogP contribution >= 0.6 is 0 Å². The monoisotopic (exact) mass is 454 g/mol. The normalized spacial score (nSPS) is 23.1. The van der Waals surface area contributed by atoms with Crippen molar-refractivity contribution in [1.29, 1.82) is 0 Å². The molecule has 5 rings (SSSR count). The van der Waals surface area contributed by atoms with Crippen molar-refractivity contribution >= 4 is 12.0 Å². The van der Waals surface area contributed by atoms with Gasteiger partial charge in [-0.25, -0.2) is 4.98 Å². The van der Waals surface area contributed by atoms with Crippen LogP contribution in [0, 0.1) is 11.8 Å². The maximum atomic E-state index is 12.7. The van der Waals surface area contributed by atoms with Gasteiger partial charge in [-0.3, -0.25) is 9.89 Å². The van der Waals surface area contributed by atoms with Crippen LogP contribution in [-0.4, -0.2) is 27.1 Å². The van der Waals surface area contributed by atoms with Gasteiger partial charge >= 0.3 is 6.18 Å². The number of alkyl halides is 3. The van der Waals surface area contributed by atoms with E-state index in [1.165, 1.54) is 17.8 Å². The largest absolute Gasteiger partial charge is 0.439 e. The molecule has 0 radical (unpaired) electrons. The van der Waals surface area contributed by atoms with E-state index in [2.05, 4.69) is 26.6 Å². The number of halogens is 3. The second kappa shape index (κ2) is 8.38. The summed E-state index contributed by atoms with van der Waals surface area (Å²) in [6, 6.07) is 9.71. The summed E-state index contributed by atoms with van der Waals surface area (Å²) in [5.74, 6) is 1.33. The molecule has 170 valence electrons. The molecule has 2 heterocycles. The van der Waals surface area contributed by atoms with E-state index in [4.69, 9.17) is 4.74 Å². The van der Waals surface area contributed by atoms with Gasteiger partial charge in [0.15, 0.2) is 0 Å². The summed E-state index contributed by atoms with van der Waals surface area (Å²) in [6.07, 6.45) is 4.46. The Morgan fingerprint density at radius 3 is 2.73 bits per heavy atom. The van der Waals surface area contributed by atoms with Gasteiger partial charge in [0.25, 0.3) is 5.91 Å². The minimum atomic E-state index is -4.43.